The Bertz CT molecular complexity index is 674. The minimum Gasteiger partial charge on any atom is -0.320 e. The van der Waals surface area contributed by atoms with E-state index < -0.39 is 29.3 Å². The van der Waals surface area contributed by atoms with Gasteiger partial charge in [-0.1, -0.05) is 22.2 Å². The van der Waals surface area contributed by atoms with Gasteiger partial charge in [-0.2, -0.15) is 13.2 Å². The molecule has 112 valence electrons. The molecule has 0 atom stereocenters. The Hall–Kier alpha value is -1.74. The first kappa shape index (κ1) is 15.6. The number of amides is 1. The Morgan fingerprint density at radius 1 is 1.38 bits per heavy atom. The highest BCUT2D eigenvalue weighted by Crippen LogP contribution is 2.38. The number of carbonyl (C=O) groups excluding carboxylic acids is 1. The molecule has 0 fully saturated rings. The van der Waals surface area contributed by atoms with Crippen molar-refractivity contribution in [1.29, 1.82) is 0 Å². The van der Waals surface area contributed by atoms with Crippen molar-refractivity contribution in [3.63, 3.8) is 0 Å². The highest BCUT2D eigenvalue weighted by Gasteiger charge is 2.34. The number of carbonyl (C=O) groups is 1. The lowest BCUT2D eigenvalue weighted by Crippen LogP contribution is -2.14. The number of nitrogens with one attached hydrogen (secondary N) is 1. The number of halogens is 5. The molecule has 0 radical (unpaired) electrons. The Morgan fingerprint density at radius 2 is 2.10 bits per heavy atom. The molecule has 2 rings (SSSR count). The van der Waals surface area contributed by atoms with Gasteiger partial charge >= 0.3 is 6.18 Å². The van der Waals surface area contributed by atoms with Crippen LogP contribution in [0.3, 0.4) is 0 Å². The fraction of sp³-hybridized carbons (Fsp3) is 0.182. The van der Waals surface area contributed by atoms with E-state index in [9.17, 15) is 22.4 Å². The Morgan fingerprint density at radius 3 is 2.71 bits per heavy atom. The summed E-state index contributed by atoms with van der Waals surface area (Å²) in [6, 6.07) is 3.10. The first-order valence-electron chi connectivity index (χ1n) is 5.39. The van der Waals surface area contributed by atoms with E-state index in [-0.39, 0.29) is 16.3 Å². The second-order valence-electron chi connectivity index (χ2n) is 3.80. The molecule has 0 bridgehead atoms. The number of benzene rings is 1. The molecular weight excluding hydrogens is 334 g/mol. The van der Waals surface area contributed by atoms with Crippen LogP contribution in [0.4, 0.5) is 23.2 Å². The van der Waals surface area contributed by atoms with Crippen molar-refractivity contribution in [2.45, 2.75) is 12.9 Å². The third kappa shape index (κ3) is 3.30. The molecular formula is C11H6ClF4N3OS. The van der Waals surface area contributed by atoms with Crippen LogP contribution in [-0.2, 0) is 12.9 Å². The van der Waals surface area contributed by atoms with Crippen LogP contribution in [0, 0.1) is 0 Å². The quantitative estimate of drug-likeness (QED) is 0.862. The zero-order valence-electron chi connectivity index (χ0n) is 10.0. The largest absolute Gasteiger partial charge is 0.417 e. The van der Waals surface area contributed by atoms with Gasteiger partial charge in [0.05, 0.1) is 16.3 Å². The zero-order chi connectivity index (χ0) is 15.6. The summed E-state index contributed by atoms with van der Waals surface area (Å²) in [6.45, 7) is -1.00. The van der Waals surface area contributed by atoms with Crippen LogP contribution >= 0.6 is 23.1 Å². The predicted molar refractivity (Wildman–Crippen MR) is 69.1 cm³/mol. The van der Waals surface area contributed by atoms with Crippen LogP contribution in [0.1, 0.15) is 20.9 Å². The smallest absolute Gasteiger partial charge is 0.320 e. The number of aromatic nitrogens is 2. The number of nitrogens with zero attached hydrogens (tertiary/aromatic N) is 2. The van der Waals surface area contributed by atoms with Crippen LogP contribution in [0.5, 0.6) is 0 Å². The normalized spacial score (nSPS) is 11.5. The molecule has 0 unspecified atom stereocenters. The summed E-state index contributed by atoms with van der Waals surface area (Å²) >= 11 is 6.27. The maximum Gasteiger partial charge on any atom is 0.417 e. The monoisotopic (exact) mass is 339 g/mol. The van der Waals surface area contributed by atoms with E-state index in [0.717, 1.165) is 12.1 Å². The summed E-state index contributed by atoms with van der Waals surface area (Å²) in [6.07, 6.45) is -4.64. The van der Waals surface area contributed by atoms with Gasteiger partial charge in [0.25, 0.3) is 5.91 Å². The molecule has 21 heavy (non-hydrogen) atoms. The molecule has 0 saturated carbocycles. The lowest BCUT2D eigenvalue weighted by atomic mass is 10.2. The minimum atomic E-state index is -4.64. The van der Waals surface area contributed by atoms with Gasteiger partial charge in [-0.05, 0) is 23.7 Å². The molecule has 1 aromatic heterocycles. The first-order chi connectivity index (χ1) is 9.84. The third-order valence-corrected chi connectivity index (χ3v) is 3.61. The maximum atomic E-state index is 12.7. The molecule has 4 nitrogen and oxygen atoms in total. The average Bonchev–Trinajstić information content (AvgIpc) is 2.88. The van der Waals surface area contributed by atoms with E-state index in [1.807, 2.05) is 0 Å². The van der Waals surface area contributed by atoms with Gasteiger partial charge in [-0.3, -0.25) is 4.79 Å². The fourth-order valence-electron chi connectivity index (χ4n) is 1.50. The second-order valence-corrected chi connectivity index (χ2v) is 4.93. The summed E-state index contributed by atoms with van der Waals surface area (Å²) in [7, 11) is 0. The van der Waals surface area contributed by atoms with E-state index in [1.54, 1.807) is 0 Å². The van der Waals surface area contributed by atoms with Crippen LogP contribution in [0.15, 0.2) is 18.2 Å². The number of hydrogen-bond donors (Lipinski definition) is 1. The highest BCUT2D eigenvalue weighted by atomic mass is 35.5. The van der Waals surface area contributed by atoms with Crippen LogP contribution < -0.4 is 5.32 Å². The predicted octanol–water partition coefficient (Wildman–Crippen LogP) is 3.93. The molecule has 0 aliphatic heterocycles. The van der Waals surface area contributed by atoms with Crippen molar-refractivity contribution in [2.75, 3.05) is 5.32 Å². The van der Waals surface area contributed by atoms with Gasteiger partial charge in [0, 0.05) is 0 Å². The molecule has 10 heteroatoms. The standard InChI is InChI=1S/C11H6ClF4N3OS/c12-8-5(11(14,15)16)2-1-3-6(8)17-10(20)9-7(4-13)18-19-21-9/h1-3H,4H2,(H,17,20). The average molecular weight is 340 g/mol. The molecule has 2 aromatic rings. The SMILES string of the molecule is O=C(Nc1cccc(C(F)(F)F)c1Cl)c1snnc1CF. The van der Waals surface area contributed by atoms with Crippen LogP contribution in [0.2, 0.25) is 5.02 Å². The molecule has 0 aliphatic carbocycles. The van der Waals surface area contributed by atoms with Gasteiger partial charge < -0.3 is 5.32 Å². The number of alkyl halides is 4. The third-order valence-electron chi connectivity index (χ3n) is 2.44. The minimum absolute atomic E-state index is 0.119. The molecule has 1 amide bonds. The Kier molecular flexibility index (Phi) is 4.43. The highest BCUT2D eigenvalue weighted by molar-refractivity contribution is 7.08. The molecule has 1 heterocycles. The molecule has 1 N–H and O–H groups in total. The molecule has 1 aromatic carbocycles. The van der Waals surface area contributed by atoms with Crippen molar-refractivity contribution in [2.24, 2.45) is 0 Å². The summed E-state index contributed by atoms with van der Waals surface area (Å²) in [5.41, 5.74) is -1.48. The van der Waals surface area contributed by atoms with E-state index in [0.29, 0.717) is 11.5 Å². The zero-order valence-corrected chi connectivity index (χ0v) is 11.6. The lowest BCUT2D eigenvalue weighted by molar-refractivity contribution is -0.137. The van der Waals surface area contributed by atoms with Crippen molar-refractivity contribution < 1.29 is 22.4 Å². The number of hydrogen-bond acceptors (Lipinski definition) is 4. The summed E-state index contributed by atoms with van der Waals surface area (Å²) in [5.74, 6) is -0.820. The number of anilines is 1. The Labute approximate surface area is 124 Å². The molecule has 0 spiro atoms. The summed E-state index contributed by atoms with van der Waals surface area (Å²) in [5, 5.41) is 4.95. The van der Waals surface area contributed by atoms with Gasteiger partial charge in [0.2, 0.25) is 0 Å². The number of rotatable bonds is 3. The fourth-order valence-corrected chi connectivity index (χ4v) is 2.33. The van der Waals surface area contributed by atoms with E-state index >= 15 is 0 Å². The van der Waals surface area contributed by atoms with Gasteiger partial charge in [-0.25, -0.2) is 4.39 Å². The van der Waals surface area contributed by atoms with Crippen molar-refractivity contribution in [3.05, 3.63) is 39.4 Å². The van der Waals surface area contributed by atoms with Crippen molar-refractivity contribution in [3.8, 4) is 0 Å². The molecule has 0 aliphatic rings. The van der Waals surface area contributed by atoms with Crippen LogP contribution in [-0.4, -0.2) is 15.5 Å². The van der Waals surface area contributed by atoms with E-state index in [4.69, 9.17) is 11.6 Å². The van der Waals surface area contributed by atoms with Gasteiger partial charge in [0.15, 0.2) is 0 Å². The van der Waals surface area contributed by atoms with Crippen molar-refractivity contribution in [1.82, 2.24) is 9.59 Å². The van der Waals surface area contributed by atoms with Crippen LogP contribution in [0.25, 0.3) is 0 Å². The second kappa shape index (κ2) is 5.94. The lowest BCUT2D eigenvalue weighted by Gasteiger charge is -2.12. The van der Waals surface area contributed by atoms with E-state index in [1.165, 1.54) is 6.07 Å². The van der Waals surface area contributed by atoms with Crippen molar-refractivity contribution >= 4 is 34.7 Å². The first-order valence-corrected chi connectivity index (χ1v) is 6.54. The van der Waals surface area contributed by atoms with Gasteiger partial charge in [-0.15, -0.1) is 5.10 Å². The summed E-state index contributed by atoms with van der Waals surface area (Å²) < 4.78 is 54.1. The van der Waals surface area contributed by atoms with Gasteiger partial charge in [0.1, 0.15) is 17.2 Å². The molecule has 0 saturated heterocycles. The van der Waals surface area contributed by atoms with E-state index in [2.05, 4.69) is 14.9 Å². The topological polar surface area (TPSA) is 54.9 Å². The maximum absolute atomic E-state index is 12.7. The summed E-state index contributed by atoms with van der Waals surface area (Å²) in [4.78, 5) is 11.8. The Balaban J connectivity index is 2.30.